The molecule has 46 heavy (non-hydrogen) atoms. The van der Waals surface area contributed by atoms with Crippen LogP contribution in [0.4, 0.5) is 0 Å². The van der Waals surface area contributed by atoms with Gasteiger partial charge in [0.25, 0.3) is 0 Å². The van der Waals surface area contributed by atoms with Gasteiger partial charge in [0.1, 0.15) is 0 Å². The van der Waals surface area contributed by atoms with Crippen molar-refractivity contribution in [2.24, 2.45) is 0 Å². The first-order chi connectivity index (χ1) is 22.4. The topological polar surface area (TPSA) is 0 Å². The summed E-state index contributed by atoms with van der Waals surface area (Å²) in [5, 5.41) is 7.71. The van der Waals surface area contributed by atoms with Crippen molar-refractivity contribution in [1.29, 1.82) is 0 Å². The zero-order valence-electron chi connectivity index (χ0n) is 26.4. The third-order valence-corrected chi connectivity index (χ3v) is 10.3. The molecule has 0 bridgehead atoms. The van der Waals surface area contributed by atoms with Crippen LogP contribution in [0.1, 0.15) is 30.5 Å². The summed E-state index contributed by atoms with van der Waals surface area (Å²) in [4.78, 5) is 0. The molecular weight excluding hydrogens is 553 g/mol. The highest BCUT2D eigenvalue weighted by Gasteiger charge is 2.35. The van der Waals surface area contributed by atoms with Crippen molar-refractivity contribution < 1.29 is 0 Å². The number of aryl methyl sites for hydroxylation is 1. The second-order valence-corrected chi connectivity index (χ2v) is 13.5. The van der Waals surface area contributed by atoms with E-state index in [4.69, 9.17) is 0 Å². The molecule has 0 heteroatoms. The molecule has 1 aliphatic rings. The van der Waals surface area contributed by atoms with Gasteiger partial charge in [-0.1, -0.05) is 141 Å². The van der Waals surface area contributed by atoms with Crippen LogP contribution in [-0.4, -0.2) is 0 Å². The molecule has 8 aromatic rings. The highest BCUT2D eigenvalue weighted by atomic mass is 14.4. The van der Waals surface area contributed by atoms with Crippen molar-refractivity contribution >= 4 is 32.3 Å². The third kappa shape index (κ3) is 4.14. The fourth-order valence-electron chi connectivity index (χ4n) is 7.81. The SMILES string of the molecule is Cc1ccc2c(-c3cccc(-c4ccc5ccc(-c6ccc7c(c6)C(C)(C)c6ccccc6-7)cc5c4)c3)cc3ccccc3c2c1. The molecule has 218 valence electrons. The Bertz CT molecular complexity index is 2510. The largest absolute Gasteiger partial charge is 0.0619 e. The van der Waals surface area contributed by atoms with Crippen LogP contribution in [0.15, 0.2) is 152 Å². The lowest BCUT2D eigenvalue weighted by Crippen LogP contribution is -2.14. The van der Waals surface area contributed by atoms with Gasteiger partial charge in [0.05, 0.1) is 0 Å². The highest BCUT2D eigenvalue weighted by molar-refractivity contribution is 6.14. The Morgan fingerprint density at radius 2 is 1.02 bits per heavy atom. The molecule has 1 aliphatic carbocycles. The standard InChI is InChI=1S/C46H34/c1-29-15-21-39-42(27-36-9-4-5-12-38(36)43(39)23-29)35-11-8-10-31(24-35)32-18-16-30-17-19-33(26-37(30)25-32)34-20-22-41-40-13-6-7-14-44(40)46(2,3)45(41)28-34/h4-28H,1-3H3. The predicted molar refractivity (Wildman–Crippen MR) is 198 cm³/mol. The highest BCUT2D eigenvalue weighted by Crippen LogP contribution is 2.49. The van der Waals surface area contributed by atoms with Crippen molar-refractivity contribution in [3.63, 3.8) is 0 Å². The lowest BCUT2D eigenvalue weighted by molar-refractivity contribution is 0.660. The van der Waals surface area contributed by atoms with E-state index in [-0.39, 0.29) is 5.41 Å². The van der Waals surface area contributed by atoms with Gasteiger partial charge in [-0.05, 0) is 125 Å². The molecule has 0 fully saturated rings. The molecule has 0 saturated carbocycles. The van der Waals surface area contributed by atoms with Gasteiger partial charge in [-0.25, -0.2) is 0 Å². The second-order valence-electron chi connectivity index (χ2n) is 13.5. The van der Waals surface area contributed by atoms with Crippen LogP contribution in [0, 0.1) is 6.92 Å². The van der Waals surface area contributed by atoms with E-state index in [1.165, 1.54) is 93.5 Å². The smallest absolute Gasteiger partial charge is 0.0159 e. The van der Waals surface area contributed by atoms with E-state index in [2.05, 4.69) is 172 Å². The fourth-order valence-corrected chi connectivity index (χ4v) is 7.81. The molecule has 0 heterocycles. The van der Waals surface area contributed by atoms with Gasteiger partial charge in [0, 0.05) is 5.41 Å². The van der Waals surface area contributed by atoms with E-state index in [0.717, 1.165) is 0 Å². The minimum atomic E-state index is -0.00777. The van der Waals surface area contributed by atoms with Crippen LogP contribution in [0.2, 0.25) is 0 Å². The quantitative estimate of drug-likeness (QED) is 0.181. The van der Waals surface area contributed by atoms with Crippen LogP contribution < -0.4 is 0 Å². The van der Waals surface area contributed by atoms with Crippen LogP contribution in [0.5, 0.6) is 0 Å². The maximum absolute atomic E-state index is 2.42. The minimum absolute atomic E-state index is 0.00777. The number of fused-ring (bicyclic) bond motifs is 7. The Balaban J connectivity index is 1.13. The van der Waals surface area contributed by atoms with Gasteiger partial charge >= 0.3 is 0 Å². The summed E-state index contributed by atoms with van der Waals surface area (Å²) in [5.41, 5.74) is 14.3. The van der Waals surface area contributed by atoms with Crippen LogP contribution >= 0.6 is 0 Å². The number of hydrogen-bond acceptors (Lipinski definition) is 0. The molecule has 0 atom stereocenters. The summed E-state index contributed by atoms with van der Waals surface area (Å²) in [6.07, 6.45) is 0. The molecule has 0 unspecified atom stereocenters. The van der Waals surface area contributed by atoms with Crippen molar-refractivity contribution in [3.8, 4) is 44.5 Å². The lowest BCUT2D eigenvalue weighted by atomic mass is 9.81. The van der Waals surface area contributed by atoms with Crippen LogP contribution in [0.25, 0.3) is 76.8 Å². The lowest BCUT2D eigenvalue weighted by Gasteiger charge is -2.22. The predicted octanol–water partition coefficient (Wildman–Crippen LogP) is 12.8. The summed E-state index contributed by atoms with van der Waals surface area (Å²) in [7, 11) is 0. The maximum atomic E-state index is 2.42. The third-order valence-electron chi connectivity index (χ3n) is 10.3. The van der Waals surface area contributed by atoms with Gasteiger partial charge in [-0.3, -0.25) is 0 Å². The van der Waals surface area contributed by atoms with Crippen molar-refractivity contribution in [2.45, 2.75) is 26.2 Å². The first-order valence-corrected chi connectivity index (χ1v) is 16.3. The van der Waals surface area contributed by atoms with E-state index in [0.29, 0.717) is 0 Å². The Morgan fingerprint density at radius 3 is 1.87 bits per heavy atom. The zero-order valence-corrected chi connectivity index (χ0v) is 26.4. The van der Waals surface area contributed by atoms with E-state index in [1.807, 2.05) is 0 Å². The van der Waals surface area contributed by atoms with Crippen molar-refractivity contribution in [2.75, 3.05) is 0 Å². The van der Waals surface area contributed by atoms with Crippen LogP contribution in [0.3, 0.4) is 0 Å². The Labute approximate surface area is 270 Å². The molecule has 0 aromatic heterocycles. The Kier molecular flexibility index (Phi) is 5.86. The first kappa shape index (κ1) is 26.9. The van der Waals surface area contributed by atoms with Gasteiger partial charge in [0.15, 0.2) is 0 Å². The average Bonchev–Trinajstić information content (AvgIpc) is 3.33. The maximum Gasteiger partial charge on any atom is 0.0159 e. The summed E-state index contributed by atoms with van der Waals surface area (Å²) >= 11 is 0. The summed E-state index contributed by atoms with van der Waals surface area (Å²) < 4.78 is 0. The van der Waals surface area contributed by atoms with Crippen LogP contribution in [-0.2, 0) is 5.41 Å². The minimum Gasteiger partial charge on any atom is -0.0619 e. The summed E-state index contributed by atoms with van der Waals surface area (Å²) in [5.74, 6) is 0. The first-order valence-electron chi connectivity index (χ1n) is 16.3. The molecule has 0 spiro atoms. The molecule has 0 aliphatic heterocycles. The van der Waals surface area contributed by atoms with E-state index < -0.39 is 0 Å². The average molecular weight is 587 g/mol. The fraction of sp³-hybridized carbons (Fsp3) is 0.0870. The normalized spacial score (nSPS) is 13.3. The zero-order chi connectivity index (χ0) is 31.0. The molecule has 0 radical (unpaired) electrons. The van der Waals surface area contributed by atoms with Gasteiger partial charge in [0.2, 0.25) is 0 Å². The Morgan fingerprint density at radius 1 is 0.348 bits per heavy atom. The van der Waals surface area contributed by atoms with Gasteiger partial charge < -0.3 is 0 Å². The molecule has 0 N–H and O–H groups in total. The molecule has 0 nitrogen and oxygen atoms in total. The van der Waals surface area contributed by atoms with Gasteiger partial charge in [-0.15, -0.1) is 0 Å². The Hall–Kier alpha value is -5.46. The monoisotopic (exact) mass is 586 g/mol. The number of benzene rings is 8. The van der Waals surface area contributed by atoms with E-state index in [9.17, 15) is 0 Å². The number of rotatable bonds is 3. The van der Waals surface area contributed by atoms with Crippen molar-refractivity contribution in [1.82, 2.24) is 0 Å². The number of hydrogen-bond donors (Lipinski definition) is 0. The van der Waals surface area contributed by atoms with Gasteiger partial charge in [-0.2, -0.15) is 0 Å². The summed E-state index contributed by atoms with van der Waals surface area (Å²) in [6.45, 7) is 6.88. The molecule has 0 amide bonds. The second kappa shape index (κ2) is 10.0. The van der Waals surface area contributed by atoms with Crippen molar-refractivity contribution in [3.05, 3.63) is 168 Å². The van der Waals surface area contributed by atoms with E-state index >= 15 is 0 Å². The molecule has 0 saturated heterocycles. The molecule has 9 rings (SSSR count). The van der Waals surface area contributed by atoms with E-state index in [1.54, 1.807) is 0 Å². The molecular formula is C46H34. The molecule has 8 aromatic carbocycles. The summed E-state index contributed by atoms with van der Waals surface area (Å²) in [6, 6.07) is 56.6.